The number of rotatable bonds is 1. The molecule has 1 unspecified atom stereocenters. The summed E-state index contributed by atoms with van der Waals surface area (Å²) in [5.41, 5.74) is -0.221. The monoisotopic (exact) mass is 159 g/mol. The van der Waals surface area contributed by atoms with Gasteiger partial charge in [-0.05, 0) is 27.8 Å². The largest absolute Gasteiger partial charge is 0.392 e. The lowest BCUT2D eigenvalue weighted by atomic mass is 10.1. The molecule has 0 aromatic heterocycles. The first-order chi connectivity index (χ1) is 4.95. The van der Waals surface area contributed by atoms with E-state index in [0.717, 1.165) is 0 Å². The van der Waals surface area contributed by atoms with Crippen molar-refractivity contribution >= 4 is 0 Å². The van der Waals surface area contributed by atoms with Crippen LogP contribution in [0.5, 0.6) is 0 Å². The molecule has 11 heavy (non-hydrogen) atoms. The standard InChI is InChI=1S/C8H17NO2/c1-6(10)7-5-11-8(2,3)9(7)4/h6-7,10H,5H2,1-4H3/t6?,7-/m0/s1. The lowest BCUT2D eigenvalue weighted by molar-refractivity contribution is -0.0453. The first kappa shape index (κ1) is 8.97. The third-order valence-electron chi connectivity index (χ3n) is 2.51. The van der Waals surface area contributed by atoms with Crippen LogP contribution in [0.15, 0.2) is 0 Å². The first-order valence-electron chi connectivity index (χ1n) is 4.00. The third-order valence-corrected chi connectivity index (χ3v) is 2.51. The van der Waals surface area contributed by atoms with Crippen molar-refractivity contribution in [3.63, 3.8) is 0 Å². The highest BCUT2D eigenvalue weighted by atomic mass is 16.5. The number of hydrogen-bond acceptors (Lipinski definition) is 3. The molecule has 1 fully saturated rings. The van der Waals surface area contributed by atoms with Crippen molar-refractivity contribution in [1.29, 1.82) is 0 Å². The van der Waals surface area contributed by atoms with Crippen LogP contribution in [0.25, 0.3) is 0 Å². The summed E-state index contributed by atoms with van der Waals surface area (Å²) in [6.07, 6.45) is -0.318. The van der Waals surface area contributed by atoms with Crippen LogP contribution in [0.4, 0.5) is 0 Å². The SMILES string of the molecule is CC(O)[C@@H]1COC(C)(C)N1C. The van der Waals surface area contributed by atoms with Gasteiger partial charge in [0.1, 0.15) is 5.72 Å². The van der Waals surface area contributed by atoms with Crippen molar-refractivity contribution in [2.75, 3.05) is 13.7 Å². The van der Waals surface area contributed by atoms with Gasteiger partial charge in [-0.1, -0.05) is 0 Å². The van der Waals surface area contributed by atoms with Crippen molar-refractivity contribution < 1.29 is 9.84 Å². The van der Waals surface area contributed by atoms with Crippen LogP contribution >= 0.6 is 0 Å². The van der Waals surface area contributed by atoms with E-state index >= 15 is 0 Å². The smallest absolute Gasteiger partial charge is 0.116 e. The van der Waals surface area contributed by atoms with E-state index < -0.39 is 0 Å². The lowest BCUT2D eigenvalue weighted by Gasteiger charge is -2.30. The minimum atomic E-state index is -0.318. The number of ether oxygens (including phenoxy) is 1. The summed E-state index contributed by atoms with van der Waals surface area (Å²) >= 11 is 0. The Labute approximate surface area is 68.0 Å². The summed E-state index contributed by atoms with van der Waals surface area (Å²) < 4.78 is 5.49. The van der Waals surface area contributed by atoms with Gasteiger partial charge in [-0.25, -0.2) is 0 Å². The van der Waals surface area contributed by atoms with Gasteiger partial charge < -0.3 is 9.84 Å². The lowest BCUT2D eigenvalue weighted by Crippen LogP contribution is -2.44. The Morgan fingerprint density at radius 3 is 2.36 bits per heavy atom. The predicted octanol–water partition coefficient (Wildman–Crippen LogP) is 0.434. The van der Waals surface area contributed by atoms with Gasteiger partial charge in [0.25, 0.3) is 0 Å². The van der Waals surface area contributed by atoms with Gasteiger partial charge in [-0.2, -0.15) is 0 Å². The van der Waals surface area contributed by atoms with Crippen molar-refractivity contribution in [2.45, 2.75) is 38.6 Å². The second-order valence-electron chi connectivity index (χ2n) is 3.68. The number of aliphatic hydroxyl groups is 1. The van der Waals surface area contributed by atoms with Crippen LogP contribution in [0.1, 0.15) is 20.8 Å². The number of nitrogens with zero attached hydrogens (tertiary/aromatic N) is 1. The van der Waals surface area contributed by atoms with E-state index in [1.807, 2.05) is 20.9 Å². The fraction of sp³-hybridized carbons (Fsp3) is 1.00. The van der Waals surface area contributed by atoms with Crippen LogP contribution in [0.2, 0.25) is 0 Å². The zero-order valence-electron chi connectivity index (χ0n) is 7.66. The molecule has 0 saturated carbocycles. The van der Waals surface area contributed by atoms with E-state index in [1.165, 1.54) is 0 Å². The van der Waals surface area contributed by atoms with Crippen molar-refractivity contribution in [3.8, 4) is 0 Å². The molecule has 66 valence electrons. The third kappa shape index (κ3) is 1.55. The molecule has 1 aliphatic heterocycles. The fourth-order valence-electron chi connectivity index (χ4n) is 1.37. The van der Waals surface area contributed by atoms with Crippen LogP contribution in [-0.4, -0.2) is 41.5 Å². The number of likely N-dealkylation sites (N-methyl/N-ethyl adjacent to an activating group) is 1. The molecule has 0 spiro atoms. The van der Waals surface area contributed by atoms with Crippen LogP contribution in [0.3, 0.4) is 0 Å². The molecule has 0 amide bonds. The molecule has 1 N–H and O–H groups in total. The van der Waals surface area contributed by atoms with Gasteiger partial charge in [0.2, 0.25) is 0 Å². The Morgan fingerprint density at radius 1 is 1.64 bits per heavy atom. The summed E-state index contributed by atoms with van der Waals surface area (Å²) in [5.74, 6) is 0. The highest BCUT2D eigenvalue weighted by Crippen LogP contribution is 2.26. The van der Waals surface area contributed by atoms with Gasteiger partial charge in [-0.3, -0.25) is 4.90 Å². The molecule has 1 aliphatic rings. The van der Waals surface area contributed by atoms with E-state index in [0.29, 0.717) is 6.61 Å². The molecule has 0 aromatic carbocycles. The van der Waals surface area contributed by atoms with Gasteiger partial charge >= 0.3 is 0 Å². The molecule has 0 radical (unpaired) electrons. The highest BCUT2D eigenvalue weighted by Gasteiger charge is 2.39. The Balaban J connectivity index is 2.63. The molecule has 1 heterocycles. The average Bonchev–Trinajstić information content (AvgIpc) is 2.09. The number of hydrogen-bond donors (Lipinski definition) is 1. The Hall–Kier alpha value is -0.120. The summed E-state index contributed by atoms with van der Waals surface area (Å²) in [4.78, 5) is 2.07. The maximum Gasteiger partial charge on any atom is 0.116 e. The summed E-state index contributed by atoms with van der Waals surface area (Å²) in [7, 11) is 1.98. The second-order valence-corrected chi connectivity index (χ2v) is 3.68. The molecule has 3 heteroatoms. The van der Waals surface area contributed by atoms with Crippen LogP contribution in [-0.2, 0) is 4.74 Å². The predicted molar refractivity (Wildman–Crippen MR) is 43.3 cm³/mol. The Bertz CT molecular complexity index is 145. The van der Waals surface area contributed by atoms with Gasteiger partial charge in [0, 0.05) is 0 Å². The molecule has 2 atom stereocenters. The normalized spacial score (nSPS) is 34.1. The molecule has 3 nitrogen and oxygen atoms in total. The van der Waals surface area contributed by atoms with E-state index in [4.69, 9.17) is 4.74 Å². The number of aliphatic hydroxyl groups excluding tert-OH is 1. The maximum absolute atomic E-state index is 9.33. The zero-order chi connectivity index (χ0) is 8.65. The van der Waals surface area contributed by atoms with Crippen molar-refractivity contribution in [3.05, 3.63) is 0 Å². The molecule has 0 aromatic rings. The molecule has 0 bridgehead atoms. The first-order valence-corrected chi connectivity index (χ1v) is 4.00. The molecule has 0 aliphatic carbocycles. The summed E-state index contributed by atoms with van der Waals surface area (Å²) in [5, 5.41) is 9.33. The van der Waals surface area contributed by atoms with Gasteiger partial charge in [0.05, 0.1) is 18.8 Å². The van der Waals surface area contributed by atoms with E-state index in [1.54, 1.807) is 6.92 Å². The van der Waals surface area contributed by atoms with Crippen LogP contribution in [0, 0.1) is 0 Å². The molecule has 1 rings (SSSR count). The van der Waals surface area contributed by atoms with Crippen molar-refractivity contribution in [2.24, 2.45) is 0 Å². The van der Waals surface area contributed by atoms with Crippen molar-refractivity contribution in [1.82, 2.24) is 4.90 Å². The zero-order valence-corrected chi connectivity index (χ0v) is 7.66. The highest BCUT2D eigenvalue weighted by molar-refractivity contribution is 4.86. The van der Waals surface area contributed by atoms with Gasteiger partial charge in [0.15, 0.2) is 0 Å². The maximum atomic E-state index is 9.33. The Morgan fingerprint density at radius 2 is 2.18 bits per heavy atom. The second kappa shape index (κ2) is 2.73. The van der Waals surface area contributed by atoms with E-state index in [2.05, 4.69) is 4.90 Å². The van der Waals surface area contributed by atoms with E-state index in [9.17, 15) is 5.11 Å². The van der Waals surface area contributed by atoms with Crippen LogP contribution < -0.4 is 0 Å². The Kier molecular flexibility index (Phi) is 2.23. The average molecular weight is 159 g/mol. The fourth-order valence-corrected chi connectivity index (χ4v) is 1.37. The quantitative estimate of drug-likeness (QED) is 0.602. The topological polar surface area (TPSA) is 32.7 Å². The van der Waals surface area contributed by atoms with E-state index in [-0.39, 0.29) is 17.9 Å². The minimum Gasteiger partial charge on any atom is -0.392 e. The minimum absolute atomic E-state index is 0.144. The molecule has 1 saturated heterocycles. The molecular formula is C8H17NO2. The molecular weight excluding hydrogens is 142 g/mol. The van der Waals surface area contributed by atoms with Gasteiger partial charge in [-0.15, -0.1) is 0 Å². The summed E-state index contributed by atoms with van der Waals surface area (Å²) in [6, 6.07) is 0.144. The summed E-state index contributed by atoms with van der Waals surface area (Å²) in [6.45, 7) is 6.44.